The Morgan fingerprint density at radius 3 is 1.47 bits per heavy atom. The molecule has 0 fully saturated rings. The van der Waals surface area contributed by atoms with Crippen molar-refractivity contribution in [2.24, 2.45) is 0 Å². The van der Waals surface area contributed by atoms with Gasteiger partial charge in [-0.15, -0.1) is 0 Å². The highest BCUT2D eigenvalue weighted by atomic mass is 14.8. The summed E-state index contributed by atoms with van der Waals surface area (Å²) < 4.78 is 0. The molecule has 86 valence electrons. The van der Waals surface area contributed by atoms with E-state index < -0.39 is 0 Å². The van der Waals surface area contributed by atoms with Crippen LogP contribution in [0.2, 0.25) is 0 Å². The van der Waals surface area contributed by atoms with Crippen molar-refractivity contribution in [1.82, 2.24) is 4.98 Å². The van der Waals surface area contributed by atoms with Crippen LogP contribution in [0, 0.1) is 0 Å². The van der Waals surface area contributed by atoms with E-state index in [-0.39, 0.29) is 0 Å². The average molecular weight is 227 g/mol. The molecule has 0 radical (unpaired) electrons. The van der Waals surface area contributed by atoms with E-state index >= 15 is 0 Å². The van der Waals surface area contributed by atoms with E-state index in [9.17, 15) is 0 Å². The molecule has 0 amide bonds. The van der Waals surface area contributed by atoms with Crippen LogP contribution in [0.5, 0.6) is 0 Å². The Morgan fingerprint density at radius 1 is 0.647 bits per heavy atom. The van der Waals surface area contributed by atoms with Gasteiger partial charge in [-0.2, -0.15) is 0 Å². The average Bonchev–Trinajstić information content (AvgIpc) is 2.58. The molecule has 3 rings (SSSR count). The number of anilines is 4. The lowest BCUT2D eigenvalue weighted by Crippen LogP contribution is -1.90. The summed E-state index contributed by atoms with van der Waals surface area (Å²) in [5.74, 6) is 0. The van der Waals surface area contributed by atoms with Crippen LogP contribution in [-0.2, 0) is 0 Å². The highest BCUT2D eigenvalue weighted by Gasteiger charge is 2.10. The van der Waals surface area contributed by atoms with E-state index in [1.807, 2.05) is 12.1 Å². The summed E-state index contributed by atoms with van der Waals surface area (Å²) in [7, 11) is 0. The lowest BCUT2D eigenvalue weighted by molar-refractivity contribution is 1.54. The van der Waals surface area contributed by atoms with E-state index in [1.165, 1.54) is 0 Å². The van der Waals surface area contributed by atoms with Crippen LogP contribution in [0.15, 0.2) is 24.3 Å². The number of nitrogens with one attached hydrogen (secondary N) is 1. The Bertz CT molecular complexity index is 679. The fourth-order valence-corrected chi connectivity index (χ4v) is 2.20. The molecule has 0 aliphatic rings. The van der Waals surface area contributed by atoms with Gasteiger partial charge in [0.1, 0.15) is 0 Å². The summed E-state index contributed by atoms with van der Waals surface area (Å²) in [4.78, 5) is 3.21. The molecule has 0 spiro atoms. The quantitative estimate of drug-likeness (QED) is 0.375. The van der Waals surface area contributed by atoms with E-state index in [0.29, 0.717) is 22.7 Å². The minimum atomic E-state index is 0.606. The molecule has 0 bridgehead atoms. The first-order valence-electron chi connectivity index (χ1n) is 5.21. The number of hydrogen-bond acceptors (Lipinski definition) is 4. The maximum atomic E-state index is 5.93. The third-order valence-corrected chi connectivity index (χ3v) is 2.92. The second-order valence-electron chi connectivity index (χ2n) is 4.19. The van der Waals surface area contributed by atoms with Crippen molar-refractivity contribution >= 4 is 44.6 Å². The number of aromatic amines is 1. The molecule has 0 aliphatic carbocycles. The molecule has 5 nitrogen and oxygen atoms in total. The van der Waals surface area contributed by atoms with Crippen LogP contribution in [0.3, 0.4) is 0 Å². The third-order valence-electron chi connectivity index (χ3n) is 2.92. The molecular weight excluding hydrogens is 214 g/mol. The maximum Gasteiger partial charge on any atom is 0.0700 e. The van der Waals surface area contributed by atoms with Crippen LogP contribution < -0.4 is 22.9 Å². The fraction of sp³-hybridized carbons (Fsp3) is 0. The summed E-state index contributed by atoms with van der Waals surface area (Å²) in [6.07, 6.45) is 0. The molecule has 9 N–H and O–H groups in total. The molecule has 0 aliphatic heterocycles. The number of H-pyrrole nitrogens is 1. The molecule has 0 saturated heterocycles. The van der Waals surface area contributed by atoms with Crippen LogP contribution >= 0.6 is 0 Å². The molecule has 5 heteroatoms. The topological polar surface area (TPSA) is 120 Å². The van der Waals surface area contributed by atoms with Gasteiger partial charge in [0.15, 0.2) is 0 Å². The van der Waals surface area contributed by atoms with E-state index in [0.717, 1.165) is 21.8 Å². The number of hydrogen-bond donors (Lipinski definition) is 5. The zero-order chi connectivity index (χ0) is 12.2. The molecule has 17 heavy (non-hydrogen) atoms. The Balaban J connectivity index is 2.60. The van der Waals surface area contributed by atoms with Crippen LogP contribution in [-0.4, -0.2) is 4.98 Å². The number of aromatic nitrogens is 1. The van der Waals surface area contributed by atoms with Crippen molar-refractivity contribution in [3.05, 3.63) is 24.3 Å². The maximum absolute atomic E-state index is 5.93. The third kappa shape index (κ3) is 1.25. The highest BCUT2D eigenvalue weighted by molar-refractivity contribution is 6.15. The van der Waals surface area contributed by atoms with Crippen molar-refractivity contribution in [2.75, 3.05) is 22.9 Å². The Hall–Kier alpha value is -2.56. The number of benzene rings is 2. The zero-order valence-corrected chi connectivity index (χ0v) is 9.12. The van der Waals surface area contributed by atoms with Crippen molar-refractivity contribution in [2.45, 2.75) is 0 Å². The SMILES string of the molecule is Nc1cc(N)c2[nH]c3c(N)cc(N)cc3c2c1. The smallest absolute Gasteiger partial charge is 0.0700 e. The van der Waals surface area contributed by atoms with E-state index in [1.54, 1.807) is 12.1 Å². The van der Waals surface area contributed by atoms with Gasteiger partial charge < -0.3 is 27.9 Å². The zero-order valence-electron chi connectivity index (χ0n) is 9.12. The summed E-state index contributed by atoms with van der Waals surface area (Å²) in [6.45, 7) is 0. The van der Waals surface area contributed by atoms with Crippen LogP contribution in [0.4, 0.5) is 22.7 Å². The van der Waals surface area contributed by atoms with Gasteiger partial charge in [0.2, 0.25) is 0 Å². The van der Waals surface area contributed by atoms with Crippen molar-refractivity contribution in [3.63, 3.8) is 0 Å². The standard InChI is InChI=1S/C12H13N5/c13-5-1-7-8-2-6(14)4-10(16)12(8)17-11(7)9(15)3-5/h1-4,17H,13-16H2. The predicted molar refractivity (Wildman–Crippen MR) is 73.5 cm³/mol. The number of nitrogen functional groups attached to an aromatic ring is 4. The highest BCUT2D eigenvalue weighted by Crippen LogP contribution is 2.34. The van der Waals surface area contributed by atoms with Crippen molar-refractivity contribution in [3.8, 4) is 0 Å². The Morgan fingerprint density at radius 2 is 1.06 bits per heavy atom. The molecular formula is C12H13N5. The number of rotatable bonds is 0. The molecule has 0 atom stereocenters. The van der Waals surface area contributed by atoms with Crippen molar-refractivity contribution in [1.29, 1.82) is 0 Å². The molecule has 3 aromatic rings. The predicted octanol–water partition coefficient (Wildman–Crippen LogP) is 1.65. The first-order valence-corrected chi connectivity index (χ1v) is 5.21. The molecule has 2 aromatic carbocycles. The van der Waals surface area contributed by atoms with Gasteiger partial charge in [0, 0.05) is 22.1 Å². The molecule has 0 saturated carbocycles. The van der Waals surface area contributed by atoms with E-state index in [2.05, 4.69) is 4.98 Å². The molecule has 1 heterocycles. The van der Waals surface area contributed by atoms with Crippen LogP contribution in [0.1, 0.15) is 0 Å². The first kappa shape index (κ1) is 9.65. The van der Waals surface area contributed by atoms with E-state index in [4.69, 9.17) is 22.9 Å². The van der Waals surface area contributed by atoms with Gasteiger partial charge in [0.25, 0.3) is 0 Å². The number of fused-ring (bicyclic) bond motifs is 3. The van der Waals surface area contributed by atoms with Gasteiger partial charge in [0.05, 0.1) is 22.4 Å². The van der Waals surface area contributed by atoms with Gasteiger partial charge >= 0.3 is 0 Å². The van der Waals surface area contributed by atoms with Gasteiger partial charge in [-0.25, -0.2) is 0 Å². The first-order chi connectivity index (χ1) is 8.06. The monoisotopic (exact) mass is 227 g/mol. The second-order valence-corrected chi connectivity index (χ2v) is 4.19. The molecule has 0 unspecified atom stereocenters. The van der Waals surface area contributed by atoms with Gasteiger partial charge in [-0.1, -0.05) is 0 Å². The van der Waals surface area contributed by atoms with Crippen LogP contribution in [0.25, 0.3) is 21.8 Å². The summed E-state index contributed by atoms with van der Waals surface area (Å²) in [5.41, 5.74) is 27.6. The lowest BCUT2D eigenvalue weighted by Gasteiger charge is -2.00. The van der Waals surface area contributed by atoms with Gasteiger partial charge in [-0.05, 0) is 24.3 Å². The minimum Gasteiger partial charge on any atom is -0.399 e. The Kier molecular flexibility index (Phi) is 1.69. The molecule has 1 aromatic heterocycles. The normalized spacial score (nSPS) is 11.3. The minimum absolute atomic E-state index is 0.606. The summed E-state index contributed by atoms with van der Waals surface area (Å²) >= 11 is 0. The fourth-order valence-electron chi connectivity index (χ4n) is 2.20. The van der Waals surface area contributed by atoms with Gasteiger partial charge in [-0.3, -0.25) is 0 Å². The summed E-state index contributed by atoms with van der Waals surface area (Å²) in [5, 5.41) is 1.88. The Labute approximate surface area is 97.4 Å². The lowest BCUT2D eigenvalue weighted by atomic mass is 10.1. The van der Waals surface area contributed by atoms with Crippen molar-refractivity contribution < 1.29 is 0 Å². The summed E-state index contributed by atoms with van der Waals surface area (Å²) in [6, 6.07) is 7.17. The second kappa shape index (κ2) is 2.98. The largest absolute Gasteiger partial charge is 0.399 e. The number of nitrogens with two attached hydrogens (primary N) is 4.